The summed E-state index contributed by atoms with van der Waals surface area (Å²) in [5, 5.41) is 4.93. The van der Waals surface area contributed by atoms with Crippen molar-refractivity contribution in [1.82, 2.24) is 14.9 Å². The molecule has 2 aromatic heterocycles. The molecular weight excluding hydrogens is 433 g/mol. The Hall–Kier alpha value is -3.53. The van der Waals surface area contributed by atoms with Gasteiger partial charge >= 0.3 is 0 Å². The van der Waals surface area contributed by atoms with Crippen molar-refractivity contribution in [3.8, 4) is 0 Å². The maximum absolute atomic E-state index is 14.0. The summed E-state index contributed by atoms with van der Waals surface area (Å²) >= 11 is 1.28. The van der Waals surface area contributed by atoms with Gasteiger partial charge in [-0.25, -0.2) is 9.37 Å². The molecular formula is C22H22FN5O3S. The Morgan fingerprint density at radius 1 is 1.12 bits per heavy atom. The fraction of sp³-hybridized carbons (Fsp3) is 0.273. The molecule has 3 heterocycles. The molecule has 2 amide bonds. The molecule has 3 aromatic rings. The van der Waals surface area contributed by atoms with Crippen LogP contribution < -0.4 is 15.8 Å². The predicted octanol–water partition coefficient (Wildman–Crippen LogP) is 2.50. The quantitative estimate of drug-likeness (QED) is 0.595. The molecule has 0 aliphatic carbocycles. The Morgan fingerprint density at radius 3 is 2.62 bits per heavy atom. The predicted molar refractivity (Wildman–Crippen MR) is 121 cm³/mol. The lowest BCUT2D eigenvalue weighted by Gasteiger charge is -2.36. The molecule has 0 unspecified atom stereocenters. The van der Waals surface area contributed by atoms with Gasteiger partial charge in [0.15, 0.2) is 5.13 Å². The molecule has 1 fully saturated rings. The SMILES string of the molecule is O=C(Nc1nc(CCC(=O)N2CCN(c3ccccc3F)CC2)cs1)c1ccc(=O)[nH]c1. The highest BCUT2D eigenvalue weighted by atomic mass is 32.1. The molecule has 10 heteroatoms. The Balaban J connectivity index is 1.25. The van der Waals surface area contributed by atoms with E-state index >= 15 is 0 Å². The first-order valence-corrected chi connectivity index (χ1v) is 11.1. The van der Waals surface area contributed by atoms with Gasteiger partial charge in [0, 0.05) is 50.2 Å². The lowest BCUT2D eigenvalue weighted by atomic mass is 10.2. The number of aryl methyl sites for hydroxylation is 1. The van der Waals surface area contributed by atoms with Crippen molar-refractivity contribution in [3.05, 3.63) is 75.4 Å². The van der Waals surface area contributed by atoms with E-state index in [9.17, 15) is 18.8 Å². The van der Waals surface area contributed by atoms with Crippen molar-refractivity contribution >= 4 is 34.0 Å². The van der Waals surface area contributed by atoms with Crippen LogP contribution in [-0.2, 0) is 11.2 Å². The molecule has 0 atom stereocenters. The molecule has 32 heavy (non-hydrogen) atoms. The number of piperazine rings is 1. The minimum Gasteiger partial charge on any atom is -0.366 e. The fourth-order valence-electron chi connectivity index (χ4n) is 3.50. The molecule has 1 aliphatic heterocycles. The second-order valence-corrected chi connectivity index (χ2v) is 8.22. The number of halogens is 1. The number of pyridine rings is 1. The van der Waals surface area contributed by atoms with E-state index < -0.39 is 0 Å². The number of thiazole rings is 1. The first-order chi connectivity index (χ1) is 15.5. The number of nitrogens with one attached hydrogen (secondary N) is 2. The van der Waals surface area contributed by atoms with E-state index in [1.54, 1.807) is 23.1 Å². The number of carbonyl (C=O) groups is 2. The highest BCUT2D eigenvalue weighted by molar-refractivity contribution is 7.14. The van der Waals surface area contributed by atoms with Crippen LogP contribution in [0, 0.1) is 5.82 Å². The highest BCUT2D eigenvalue weighted by Gasteiger charge is 2.22. The summed E-state index contributed by atoms with van der Waals surface area (Å²) in [5.74, 6) is -0.588. The van der Waals surface area contributed by atoms with Crippen LogP contribution in [0.1, 0.15) is 22.5 Å². The Morgan fingerprint density at radius 2 is 1.91 bits per heavy atom. The molecule has 2 N–H and O–H groups in total. The van der Waals surface area contributed by atoms with Crippen LogP contribution in [-0.4, -0.2) is 52.9 Å². The van der Waals surface area contributed by atoms with Gasteiger partial charge in [-0.2, -0.15) is 0 Å². The van der Waals surface area contributed by atoms with Gasteiger partial charge in [0.2, 0.25) is 11.5 Å². The van der Waals surface area contributed by atoms with Crippen LogP contribution in [0.5, 0.6) is 0 Å². The number of benzene rings is 1. The summed E-state index contributed by atoms with van der Waals surface area (Å²) in [6.07, 6.45) is 2.13. The molecule has 166 valence electrons. The zero-order chi connectivity index (χ0) is 22.5. The number of amides is 2. The van der Waals surface area contributed by atoms with Gasteiger partial charge in [-0.1, -0.05) is 12.1 Å². The molecule has 1 aliphatic rings. The lowest BCUT2D eigenvalue weighted by molar-refractivity contribution is -0.131. The Kier molecular flexibility index (Phi) is 6.60. The van der Waals surface area contributed by atoms with Crippen molar-refractivity contribution in [3.63, 3.8) is 0 Å². The second kappa shape index (κ2) is 9.73. The number of nitrogens with zero attached hydrogens (tertiary/aromatic N) is 3. The summed E-state index contributed by atoms with van der Waals surface area (Å²) in [4.78, 5) is 46.5. The second-order valence-electron chi connectivity index (χ2n) is 7.36. The van der Waals surface area contributed by atoms with E-state index in [0.717, 1.165) is 5.69 Å². The van der Waals surface area contributed by atoms with E-state index in [-0.39, 0.29) is 23.2 Å². The lowest BCUT2D eigenvalue weighted by Crippen LogP contribution is -2.49. The number of hydrogen-bond acceptors (Lipinski definition) is 6. The number of rotatable bonds is 6. The molecule has 0 bridgehead atoms. The largest absolute Gasteiger partial charge is 0.366 e. The summed E-state index contributed by atoms with van der Waals surface area (Å²) in [5.41, 5.74) is 1.34. The van der Waals surface area contributed by atoms with E-state index in [4.69, 9.17) is 0 Å². The third kappa shape index (κ3) is 5.20. The first kappa shape index (κ1) is 21.7. The fourth-order valence-corrected chi connectivity index (χ4v) is 4.24. The van der Waals surface area contributed by atoms with Crippen molar-refractivity contribution in [2.75, 3.05) is 36.4 Å². The topological polar surface area (TPSA) is 98.4 Å². The van der Waals surface area contributed by atoms with Gasteiger partial charge in [0.05, 0.1) is 16.9 Å². The summed E-state index contributed by atoms with van der Waals surface area (Å²) < 4.78 is 14.0. The van der Waals surface area contributed by atoms with Crippen LogP contribution >= 0.6 is 11.3 Å². The van der Waals surface area contributed by atoms with E-state index in [1.165, 1.54) is 35.7 Å². The number of para-hydroxylation sites is 1. The standard InChI is InChI=1S/C22H22FN5O3S/c23-17-3-1-2-4-18(17)27-9-11-28(12-10-27)20(30)8-6-16-14-32-22(25-16)26-21(31)15-5-7-19(29)24-13-15/h1-5,7,13-14H,6,8-12H2,(H,24,29)(H,25,26,31). The third-order valence-electron chi connectivity index (χ3n) is 5.24. The number of hydrogen-bond donors (Lipinski definition) is 2. The van der Waals surface area contributed by atoms with Crippen molar-refractivity contribution in [2.24, 2.45) is 0 Å². The van der Waals surface area contributed by atoms with Crippen molar-refractivity contribution in [1.29, 1.82) is 0 Å². The average Bonchev–Trinajstić information content (AvgIpc) is 3.25. The monoisotopic (exact) mass is 455 g/mol. The van der Waals surface area contributed by atoms with Crippen LogP contribution in [0.3, 0.4) is 0 Å². The normalized spacial score (nSPS) is 13.8. The van der Waals surface area contributed by atoms with Crippen LogP contribution in [0.4, 0.5) is 15.2 Å². The van der Waals surface area contributed by atoms with Gasteiger partial charge in [-0.3, -0.25) is 19.7 Å². The average molecular weight is 456 g/mol. The molecule has 1 aromatic carbocycles. The highest BCUT2D eigenvalue weighted by Crippen LogP contribution is 2.21. The van der Waals surface area contributed by atoms with Crippen molar-refractivity contribution < 1.29 is 14.0 Å². The molecule has 4 rings (SSSR count). The Labute approximate surface area is 187 Å². The smallest absolute Gasteiger partial charge is 0.258 e. The molecule has 0 saturated carbocycles. The maximum Gasteiger partial charge on any atom is 0.258 e. The van der Waals surface area contributed by atoms with E-state index in [0.29, 0.717) is 55.4 Å². The van der Waals surface area contributed by atoms with Gasteiger partial charge in [-0.15, -0.1) is 11.3 Å². The van der Waals surface area contributed by atoms with E-state index in [1.807, 2.05) is 10.3 Å². The van der Waals surface area contributed by atoms with Gasteiger partial charge in [0.25, 0.3) is 5.91 Å². The molecule has 8 nitrogen and oxygen atoms in total. The van der Waals surface area contributed by atoms with E-state index in [2.05, 4.69) is 15.3 Å². The van der Waals surface area contributed by atoms with Gasteiger partial charge in [-0.05, 0) is 24.6 Å². The minimum atomic E-state index is -0.369. The molecule has 0 spiro atoms. The van der Waals surface area contributed by atoms with Gasteiger partial charge < -0.3 is 14.8 Å². The number of aromatic nitrogens is 2. The number of carbonyl (C=O) groups excluding carboxylic acids is 2. The number of anilines is 2. The van der Waals surface area contributed by atoms with Gasteiger partial charge in [0.1, 0.15) is 5.82 Å². The third-order valence-corrected chi connectivity index (χ3v) is 6.05. The van der Waals surface area contributed by atoms with Crippen LogP contribution in [0.25, 0.3) is 0 Å². The zero-order valence-corrected chi connectivity index (χ0v) is 18.0. The molecule has 1 saturated heterocycles. The number of aromatic amines is 1. The number of H-pyrrole nitrogens is 1. The molecule has 0 radical (unpaired) electrons. The zero-order valence-electron chi connectivity index (χ0n) is 17.2. The first-order valence-electron chi connectivity index (χ1n) is 10.2. The summed E-state index contributed by atoms with van der Waals surface area (Å²) in [6, 6.07) is 9.39. The summed E-state index contributed by atoms with van der Waals surface area (Å²) in [7, 11) is 0. The van der Waals surface area contributed by atoms with Crippen LogP contribution in [0.2, 0.25) is 0 Å². The van der Waals surface area contributed by atoms with Crippen molar-refractivity contribution in [2.45, 2.75) is 12.8 Å². The Bertz CT molecular complexity index is 1150. The summed E-state index contributed by atoms with van der Waals surface area (Å²) in [6.45, 7) is 2.27. The maximum atomic E-state index is 14.0. The minimum absolute atomic E-state index is 0.0324. The van der Waals surface area contributed by atoms with Crippen LogP contribution in [0.15, 0.2) is 52.8 Å².